The first-order chi connectivity index (χ1) is 7.15. The molecule has 0 saturated heterocycles. The van der Waals surface area contributed by atoms with Gasteiger partial charge in [0.05, 0.1) is 0 Å². The molecule has 0 heterocycles. The molecule has 80 valence electrons. The van der Waals surface area contributed by atoms with E-state index >= 15 is 0 Å². The Balaban J connectivity index is 1.93. The van der Waals surface area contributed by atoms with Crippen LogP contribution in [0.2, 0.25) is 0 Å². The molecule has 1 aliphatic rings. The molecule has 0 aromatic heterocycles. The molecule has 3 nitrogen and oxygen atoms in total. The number of nitrogens with one attached hydrogen (secondary N) is 1. The highest BCUT2D eigenvalue weighted by molar-refractivity contribution is 5.94. The Kier molecular flexibility index (Phi) is 2.62. The van der Waals surface area contributed by atoms with E-state index in [1.165, 1.54) is 12.1 Å². The average Bonchev–Trinajstić information content (AvgIpc) is 2.16. The molecule has 15 heavy (non-hydrogen) atoms. The summed E-state index contributed by atoms with van der Waals surface area (Å²) in [4.78, 5) is 11.7. The van der Waals surface area contributed by atoms with Gasteiger partial charge in [0.25, 0.3) is 5.91 Å². The van der Waals surface area contributed by atoms with E-state index in [2.05, 4.69) is 12.2 Å². The molecule has 1 aliphatic carbocycles. The van der Waals surface area contributed by atoms with Crippen molar-refractivity contribution in [2.75, 3.05) is 0 Å². The van der Waals surface area contributed by atoms with E-state index in [0.717, 1.165) is 18.8 Å². The maximum absolute atomic E-state index is 11.7. The van der Waals surface area contributed by atoms with Crippen LogP contribution in [0.4, 0.5) is 0 Å². The maximum atomic E-state index is 11.7. The Morgan fingerprint density at radius 2 is 1.93 bits per heavy atom. The number of amides is 1. The second-order valence-corrected chi connectivity index (χ2v) is 4.29. The summed E-state index contributed by atoms with van der Waals surface area (Å²) in [7, 11) is 0. The predicted molar refractivity (Wildman–Crippen MR) is 57.8 cm³/mol. The van der Waals surface area contributed by atoms with Gasteiger partial charge in [0.1, 0.15) is 5.75 Å². The van der Waals surface area contributed by atoms with E-state index in [1.54, 1.807) is 12.1 Å². The van der Waals surface area contributed by atoms with Gasteiger partial charge < -0.3 is 10.4 Å². The summed E-state index contributed by atoms with van der Waals surface area (Å²) in [5.41, 5.74) is 0.604. The first-order valence-corrected chi connectivity index (χ1v) is 5.25. The zero-order valence-electron chi connectivity index (χ0n) is 8.73. The summed E-state index contributed by atoms with van der Waals surface area (Å²) < 4.78 is 0. The van der Waals surface area contributed by atoms with Crippen molar-refractivity contribution >= 4 is 5.91 Å². The monoisotopic (exact) mass is 205 g/mol. The molecule has 1 aromatic rings. The minimum Gasteiger partial charge on any atom is -0.508 e. The average molecular weight is 205 g/mol. The van der Waals surface area contributed by atoms with E-state index in [0.29, 0.717) is 11.6 Å². The molecule has 1 saturated carbocycles. The Bertz CT molecular complexity index is 352. The van der Waals surface area contributed by atoms with Gasteiger partial charge in [-0.2, -0.15) is 0 Å². The fraction of sp³-hybridized carbons (Fsp3) is 0.417. The van der Waals surface area contributed by atoms with Crippen LogP contribution in [0.3, 0.4) is 0 Å². The van der Waals surface area contributed by atoms with Gasteiger partial charge in [0, 0.05) is 11.6 Å². The maximum Gasteiger partial charge on any atom is 0.251 e. The fourth-order valence-electron chi connectivity index (χ4n) is 1.90. The molecule has 0 atom stereocenters. The Labute approximate surface area is 89.1 Å². The summed E-state index contributed by atoms with van der Waals surface area (Å²) in [5, 5.41) is 12.0. The number of phenols is 1. The summed E-state index contributed by atoms with van der Waals surface area (Å²) in [6.45, 7) is 2.18. The molecule has 0 aliphatic heterocycles. The highest BCUT2D eigenvalue weighted by Gasteiger charge is 2.26. The van der Waals surface area contributed by atoms with Crippen molar-refractivity contribution in [1.82, 2.24) is 5.32 Å². The molecule has 3 heteroatoms. The van der Waals surface area contributed by atoms with Gasteiger partial charge in [-0.05, 0) is 43.0 Å². The first kappa shape index (κ1) is 10.0. The lowest BCUT2D eigenvalue weighted by Gasteiger charge is -2.33. The summed E-state index contributed by atoms with van der Waals surface area (Å²) in [5.74, 6) is 0.867. The molecule has 2 rings (SSSR count). The Hall–Kier alpha value is -1.51. The normalized spacial score (nSPS) is 24.3. The zero-order chi connectivity index (χ0) is 10.8. The minimum atomic E-state index is -0.0492. The molecule has 1 aromatic carbocycles. The molecule has 0 radical (unpaired) electrons. The van der Waals surface area contributed by atoms with Crippen LogP contribution in [0.15, 0.2) is 24.3 Å². The lowest BCUT2D eigenvalue weighted by atomic mass is 9.82. The number of rotatable bonds is 2. The SMILES string of the molecule is CC1CC(NC(=O)c2ccc(O)cc2)C1. The number of phenolic OH excluding ortho intramolecular Hbond substituents is 1. The van der Waals surface area contributed by atoms with E-state index in [4.69, 9.17) is 5.11 Å². The molecule has 0 unspecified atom stereocenters. The quantitative estimate of drug-likeness (QED) is 0.775. The van der Waals surface area contributed by atoms with Crippen molar-refractivity contribution in [3.05, 3.63) is 29.8 Å². The van der Waals surface area contributed by atoms with Gasteiger partial charge in [-0.15, -0.1) is 0 Å². The third-order valence-electron chi connectivity index (χ3n) is 2.84. The second kappa shape index (κ2) is 3.93. The molecule has 1 amide bonds. The van der Waals surface area contributed by atoms with Crippen LogP contribution in [0, 0.1) is 5.92 Å². The highest BCUT2D eigenvalue weighted by atomic mass is 16.3. The van der Waals surface area contributed by atoms with Crippen LogP contribution >= 0.6 is 0 Å². The molecule has 0 bridgehead atoms. The number of aromatic hydroxyl groups is 1. The molecular formula is C12H15NO2. The van der Waals surface area contributed by atoms with Crippen LogP contribution < -0.4 is 5.32 Å². The fourth-order valence-corrected chi connectivity index (χ4v) is 1.90. The Morgan fingerprint density at radius 3 is 2.47 bits per heavy atom. The number of carbonyl (C=O) groups excluding carboxylic acids is 1. The summed E-state index contributed by atoms with van der Waals surface area (Å²) in [6, 6.07) is 6.65. The first-order valence-electron chi connectivity index (χ1n) is 5.25. The van der Waals surface area contributed by atoms with Gasteiger partial charge in [-0.3, -0.25) is 4.79 Å². The summed E-state index contributed by atoms with van der Waals surface area (Å²) in [6.07, 6.45) is 2.15. The van der Waals surface area contributed by atoms with Gasteiger partial charge in [-0.1, -0.05) is 6.92 Å². The standard InChI is InChI=1S/C12H15NO2/c1-8-6-10(7-8)13-12(15)9-2-4-11(14)5-3-9/h2-5,8,10,14H,6-7H2,1H3,(H,13,15). The lowest BCUT2D eigenvalue weighted by molar-refractivity contribution is 0.0896. The number of carbonyl (C=O) groups is 1. The van der Waals surface area contributed by atoms with E-state index in [-0.39, 0.29) is 11.7 Å². The van der Waals surface area contributed by atoms with Crippen LogP contribution in [0.1, 0.15) is 30.1 Å². The van der Waals surface area contributed by atoms with E-state index < -0.39 is 0 Å². The third kappa shape index (κ3) is 2.29. The van der Waals surface area contributed by atoms with Crippen molar-refractivity contribution in [3.8, 4) is 5.75 Å². The Morgan fingerprint density at radius 1 is 1.33 bits per heavy atom. The smallest absolute Gasteiger partial charge is 0.251 e. The largest absolute Gasteiger partial charge is 0.508 e. The number of hydrogen-bond acceptors (Lipinski definition) is 2. The van der Waals surface area contributed by atoms with Gasteiger partial charge in [0.15, 0.2) is 0 Å². The third-order valence-corrected chi connectivity index (χ3v) is 2.84. The van der Waals surface area contributed by atoms with Crippen molar-refractivity contribution < 1.29 is 9.90 Å². The zero-order valence-corrected chi connectivity index (χ0v) is 8.73. The minimum absolute atomic E-state index is 0.0492. The van der Waals surface area contributed by atoms with E-state index in [1.807, 2.05) is 0 Å². The van der Waals surface area contributed by atoms with Crippen LogP contribution in [-0.4, -0.2) is 17.1 Å². The lowest BCUT2D eigenvalue weighted by Crippen LogP contribution is -2.43. The summed E-state index contributed by atoms with van der Waals surface area (Å²) >= 11 is 0. The van der Waals surface area contributed by atoms with Crippen LogP contribution in [-0.2, 0) is 0 Å². The number of hydrogen-bond donors (Lipinski definition) is 2. The van der Waals surface area contributed by atoms with Crippen molar-refractivity contribution in [2.24, 2.45) is 5.92 Å². The van der Waals surface area contributed by atoms with Crippen LogP contribution in [0.25, 0.3) is 0 Å². The second-order valence-electron chi connectivity index (χ2n) is 4.29. The molecule has 2 N–H and O–H groups in total. The van der Waals surface area contributed by atoms with Gasteiger partial charge >= 0.3 is 0 Å². The number of benzene rings is 1. The van der Waals surface area contributed by atoms with Gasteiger partial charge in [-0.25, -0.2) is 0 Å². The van der Waals surface area contributed by atoms with Crippen molar-refractivity contribution in [2.45, 2.75) is 25.8 Å². The van der Waals surface area contributed by atoms with Crippen molar-refractivity contribution in [3.63, 3.8) is 0 Å². The molecule has 0 spiro atoms. The van der Waals surface area contributed by atoms with Crippen molar-refractivity contribution in [1.29, 1.82) is 0 Å². The molecular weight excluding hydrogens is 190 g/mol. The molecule has 1 fully saturated rings. The predicted octanol–water partition coefficient (Wildman–Crippen LogP) is 1.92. The van der Waals surface area contributed by atoms with Gasteiger partial charge in [0.2, 0.25) is 0 Å². The topological polar surface area (TPSA) is 49.3 Å². The van der Waals surface area contributed by atoms with Crippen LogP contribution in [0.5, 0.6) is 5.75 Å². The van der Waals surface area contributed by atoms with E-state index in [9.17, 15) is 4.79 Å². The highest BCUT2D eigenvalue weighted by Crippen LogP contribution is 2.26.